The van der Waals surface area contributed by atoms with Gasteiger partial charge in [0.05, 0.1) is 18.6 Å². The first-order chi connectivity index (χ1) is 9.69. The minimum Gasteiger partial charge on any atom is -0.444 e. The molecule has 1 aromatic heterocycles. The molecule has 6 nitrogen and oxygen atoms in total. The fourth-order valence-electron chi connectivity index (χ4n) is 1.93. The molecule has 6 heteroatoms. The zero-order chi connectivity index (χ0) is 16.0. The molecule has 1 unspecified atom stereocenters. The topological polar surface area (TPSA) is 59.4 Å². The zero-order valence-electron chi connectivity index (χ0n) is 14.0. The number of aromatic nitrogens is 2. The van der Waals surface area contributed by atoms with Crippen LogP contribution in [0.1, 0.15) is 45.9 Å². The van der Waals surface area contributed by atoms with E-state index in [1.807, 2.05) is 27.1 Å². The van der Waals surface area contributed by atoms with Crippen molar-refractivity contribution in [3.05, 3.63) is 18.2 Å². The lowest BCUT2D eigenvalue weighted by molar-refractivity contribution is 0.0522. The second kappa shape index (κ2) is 7.45. The van der Waals surface area contributed by atoms with Crippen molar-refractivity contribution >= 4 is 6.09 Å². The normalized spacial score (nSPS) is 13.3. The summed E-state index contributed by atoms with van der Waals surface area (Å²) in [4.78, 5) is 18.0. The number of hydrogen-bond donors (Lipinski definition) is 1. The molecule has 0 saturated carbocycles. The summed E-state index contributed by atoms with van der Waals surface area (Å²) in [5.74, 6) is 0. The zero-order valence-corrected chi connectivity index (χ0v) is 14.0. The summed E-state index contributed by atoms with van der Waals surface area (Å²) in [5.41, 5.74) is 0.496. The van der Waals surface area contributed by atoms with E-state index in [4.69, 9.17) is 4.74 Å². The van der Waals surface area contributed by atoms with Gasteiger partial charge in [0.1, 0.15) is 5.60 Å². The van der Waals surface area contributed by atoms with Crippen molar-refractivity contribution in [3.8, 4) is 0 Å². The van der Waals surface area contributed by atoms with E-state index in [2.05, 4.69) is 40.8 Å². The van der Waals surface area contributed by atoms with Crippen molar-refractivity contribution in [3.63, 3.8) is 0 Å². The van der Waals surface area contributed by atoms with Crippen LogP contribution in [-0.2, 0) is 11.3 Å². The maximum atomic E-state index is 11.7. The Balaban J connectivity index is 2.53. The highest BCUT2D eigenvalue weighted by molar-refractivity contribution is 5.67. The third kappa shape index (κ3) is 6.62. The maximum absolute atomic E-state index is 11.7. The van der Waals surface area contributed by atoms with Crippen molar-refractivity contribution in [2.75, 3.05) is 20.6 Å². The van der Waals surface area contributed by atoms with Crippen molar-refractivity contribution in [2.24, 2.45) is 0 Å². The monoisotopic (exact) mass is 296 g/mol. The summed E-state index contributed by atoms with van der Waals surface area (Å²) in [6, 6.07) is 0.338. The number of imidazole rings is 1. The molecular formula is C15H28N4O2. The number of amides is 1. The molecule has 0 aliphatic carbocycles. The van der Waals surface area contributed by atoms with E-state index in [0.717, 1.165) is 18.7 Å². The van der Waals surface area contributed by atoms with Crippen LogP contribution in [0.25, 0.3) is 0 Å². The van der Waals surface area contributed by atoms with Crippen LogP contribution in [0.2, 0.25) is 0 Å². The lowest BCUT2D eigenvalue weighted by Crippen LogP contribution is -2.32. The van der Waals surface area contributed by atoms with Crippen LogP contribution in [0.5, 0.6) is 0 Å². The van der Waals surface area contributed by atoms with Gasteiger partial charge in [-0.2, -0.15) is 0 Å². The van der Waals surface area contributed by atoms with E-state index in [9.17, 15) is 4.79 Å². The molecule has 0 bridgehead atoms. The molecule has 0 saturated heterocycles. The molecule has 1 amide bonds. The van der Waals surface area contributed by atoms with Crippen LogP contribution in [-0.4, -0.2) is 46.8 Å². The number of ether oxygens (including phenoxy) is 1. The van der Waals surface area contributed by atoms with Gasteiger partial charge in [0.25, 0.3) is 0 Å². The van der Waals surface area contributed by atoms with Gasteiger partial charge in [0, 0.05) is 12.2 Å². The van der Waals surface area contributed by atoms with Crippen LogP contribution in [0.3, 0.4) is 0 Å². The number of alkyl carbamates (subject to hydrolysis) is 1. The lowest BCUT2D eigenvalue weighted by atomic mass is 10.2. The predicted octanol–water partition coefficient (Wildman–Crippen LogP) is 2.42. The number of nitrogens with one attached hydrogen (secondary N) is 1. The molecule has 0 spiro atoms. The average molecular weight is 296 g/mol. The Labute approximate surface area is 127 Å². The van der Waals surface area contributed by atoms with E-state index < -0.39 is 11.7 Å². The summed E-state index contributed by atoms with van der Waals surface area (Å²) >= 11 is 0. The molecule has 1 rings (SSSR count). The largest absolute Gasteiger partial charge is 0.444 e. The van der Waals surface area contributed by atoms with Crippen molar-refractivity contribution in [2.45, 2.75) is 52.3 Å². The molecule has 1 heterocycles. The predicted molar refractivity (Wildman–Crippen MR) is 83.2 cm³/mol. The first-order valence-electron chi connectivity index (χ1n) is 7.31. The molecule has 0 fully saturated rings. The second-order valence-electron chi connectivity index (χ2n) is 6.59. The van der Waals surface area contributed by atoms with Gasteiger partial charge in [0.15, 0.2) is 0 Å². The Bertz CT molecular complexity index is 449. The van der Waals surface area contributed by atoms with Gasteiger partial charge < -0.3 is 19.5 Å². The molecule has 21 heavy (non-hydrogen) atoms. The summed E-state index contributed by atoms with van der Waals surface area (Å²) in [5, 5.41) is 2.77. The van der Waals surface area contributed by atoms with Gasteiger partial charge in [-0.3, -0.25) is 0 Å². The van der Waals surface area contributed by atoms with Crippen LogP contribution in [0.15, 0.2) is 12.5 Å². The van der Waals surface area contributed by atoms with E-state index >= 15 is 0 Å². The van der Waals surface area contributed by atoms with Gasteiger partial charge in [-0.25, -0.2) is 9.78 Å². The lowest BCUT2D eigenvalue weighted by Gasteiger charge is -2.21. The summed E-state index contributed by atoms with van der Waals surface area (Å²) in [6.07, 6.45) is 4.22. The van der Waals surface area contributed by atoms with E-state index in [0.29, 0.717) is 12.6 Å². The van der Waals surface area contributed by atoms with Crippen LogP contribution in [0.4, 0.5) is 4.79 Å². The first kappa shape index (κ1) is 17.5. The SMILES string of the molecule is CC(CCN(C)C)n1cncc1CNC(=O)OC(C)(C)C. The molecule has 0 radical (unpaired) electrons. The van der Waals surface area contributed by atoms with E-state index in [-0.39, 0.29) is 0 Å². The molecule has 1 atom stereocenters. The minimum absolute atomic E-state index is 0.338. The van der Waals surface area contributed by atoms with Gasteiger partial charge in [-0.05, 0) is 54.8 Å². The molecule has 0 aliphatic heterocycles. The average Bonchev–Trinajstić information content (AvgIpc) is 2.79. The standard InChI is InChI=1S/C15H28N4O2/c1-12(7-8-18(5)6)19-11-16-9-13(19)10-17-14(20)21-15(2,3)4/h9,11-12H,7-8,10H2,1-6H3,(H,17,20). The van der Waals surface area contributed by atoms with Gasteiger partial charge in [-0.15, -0.1) is 0 Å². The number of carbonyl (C=O) groups excluding carboxylic acids is 1. The second-order valence-corrected chi connectivity index (χ2v) is 6.59. The molecule has 0 aliphatic rings. The summed E-state index contributed by atoms with van der Waals surface area (Å²) < 4.78 is 7.33. The quantitative estimate of drug-likeness (QED) is 0.876. The number of hydrogen-bond acceptors (Lipinski definition) is 4. The Kier molecular flexibility index (Phi) is 6.20. The minimum atomic E-state index is -0.483. The highest BCUT2D eigenvalue weighted by atomic mass is 16.6. The molecule has 1 aromatic rings. The molecule has 120 valence electrons. The Morgan fingerprint density at radius 3 is 2.71 bits per heavy atom. The van der Waals surface area contributed by atoms with Gasteiger partial charge >= 0.3 is 6.09 Å². The Morgan fingerprint density at radius 2 is 2.14 bits per heavy atom. The Morgan fingerprint density at radius 1 is 1.48 bits per heavy atom. The van der Waals surface area contributed by atoms with E-state index in [1.165, 1.54) is 0 Å². The van der Waals surface area contributed by atoms with Crippen LogP contribution >= 0.6 is 0 Å². The smallest absolute Gasteiger partial charge is 0.407 e. The number of rotatable bonds is 6. The first-order valence-corrected chi connectivity index (χ1v) is 7.31. The summed E-state index contributed by atoms with van der Waals surface area (Å²) in [6.45, 7) is 9.13. The van der Waals surface area contributed by atoms with Crippen molar-refractivity contribution < 1.29 is 9.53 Å². The highest BCUT2D eigenvalue weighted by Crippen LogP contribution is 2.14. The fraction of sp³-hybridized carbons (Fsp3) is 0.733. The fourth-order valence-corrected chi connectivity index (χ4v) is 1.93. The highest BCUT2D eigenvalue weighted by Gasteiger charge is 2.17. The molecule has 0 aromatic carbocycles. The van der Waals surface area contributed by atoms with Crippen LogP contribution in [0, 0.1) is 0 Å². The summed E-state index contributed by atoms with van der Waals surface area (Å²) in [7, 11) is 4.12. The molecular weight excluding hydrogens is 268 g/mol. The number of nitrogens with zero attached hydrogens (tertiary/aromatic N) is 3. The van der Waals surface area contributed by atoms with Crippen molar-refractivity contribution in [1.29, 1.82) is 0 Å². The number of carbonyl (C=O) groups is 1. The Hall–Kier alpha value is -1.56. The molecule has 1 N–H and O–H groups in total. The third-order valence-electron chi connectivity index (χ3n) is 3.03. The van der Waals surface area contributed by atoms with Crippen molar-refractivity contribution in [1.82, 2.24) is 19.8 Å². The van der Waals surface area contributed by atoms with Gasteiger partial charge in [0.2, 0.25) is 0 Å². The third-order valence-corrected chi connectivity index (χ3v) is 3.03. The van der Waals surface area contributed by atoms with E-state index in [1.54, 1.807) is 6.20 Å². The maximum Gasteiger partial charge on any atom is 0.407 e. The van der Waals surface area contributed by atoms with Crippen LogP contribution < -0.4 is 5.32 Å². The van der Waals surface area contributed by atoms with Gasteiger partial charge in [-0.1, -0.05) is 0 Å².